The minimum atomic E-state index is 0.408. The third kappa shape index (κ3) is 2.65. The van der Waals surface area contributed by atoms with Crippen LogP contribution in [0, 0.1) is 20.8 Å². The van der Waals surface area contributed by atoms with Crippen LogP contribution in [-0.2, 0) is 0 Å². The van der Waals surface area contributed by atoms with Crippen molar-refractivity contribution in [3.05, 3.63) is 44.8 Å². The van der Waals surface area contributed by atoms with Crippen LogP contribution in [0.15, 0.2) is 22.9 Å². The van der Waals surface area contributed by atoms with Gasteiger partial charge >= 0.3 is 0 Å². The van der Waals surface area contributed by atoms with Crippen LogP contribution in [-0.4, -0.2) is 9.97 Å². The van der Waals surface area contributed by atoms with Gasteiger partial charge in [0.05, 0.1) is 0 Å². The van der Waals surface area contributed by atoms with Gasteiger partial charge in [0, 0.05) is 10.0 Å². The van der Waals surface area contributed by atoms with E-state index in [1.165, 1.54) is 6.33 Å². The number of benzene rings is 1. The number of rotatable bonds is 2. The normalized spacial score (nSPS) is 10.5. The van der Waals surface area contributed by atoms with Crippen molar-refractivity contribution in [3.8, 4) is 11.6 Å². The van der Waals surface area contributed by atoms with E-state index in [0.29, 0.717) is 11.0 Å². The largest absolute Gasteiger partial charge is 0.439 e. The van der Waals surface area contributed by atoms with E-state index in [1.807, 2.05) is 32.9 Å². The number of hydrogen-bond donors (Lipinski definition) is 0. The van der Waals surface area contributed by atoms with Crippen LogP contribution in [0.4, 0.5) is 0 Å². The van der Waals surface area contributed by atoms with E-state index in [9.17, 15) is 0 Å². The molecule has 0 fully saturated rings. The van der Waals surface area contributed by atoms with Crippen molar-refractivity contribution in [1.29, 1.82) is 0 Å². The Labute approximate surface area is 119 Å². The highest BCUT2D eigenvalue weighted by molar-refractivity contribution is 9.10. The second-order valence-corrected chi connectivity index (χ2v) is 5.22. The molecule has 3 nitrogen and oxygen atoms in total. The van der Waals surface area contributed by atoms with Gasteiger partial charge in [-0.2, -0.15) is 0 Å². The monoisotopic (exact) mass is 326 g/mol. The van der Waals surface area contributed by atoms with Gasteiger partial charge in [0.1, 0.15) is 17.2 Å². The predicted molar refractivity (Wildman–Crippen MR) is 75.5 cm³/mol. The summed E-state index contributed by atoms with van der Waals surface area (Å²) in [5.41, 5.74) is 2.96. The van der Waals surface area contributed by atoms with E-state index in [0.717, 1.165) is 26.9 Å². The molecule has 0 saturated carbocycles. The second kappa shape index (κ2) is 5.24. The third-order valence-corrected chi connectivity index (χ3v) is 4.23. The number of nitrogens with zero attached hydrogens (tertiary/aromatic N) is 2. The van der Waals surface area contributed by atoms with E-state index < -0.39 is 0 Å². The van der Waals surface area contributed by atoms with Gasteiger partial charge in [0.25, 0.3) is 0 Å². The Morgan fingerprint density at radius 2 is 1.72 bits per heavy atom. The van der Waals surface area contributed by atoms with E-state index in [4.69, 9.17) is 16.3 Å². The van der Waals surface area contributed by atoms with E-state index in [1.54, 1.807) is 0 Å². The zero-order chi connectivity index (χ0) is 13.3. The molecule has 0 unspecified atom stereocenters. The molecule has 94 valence electrons. The standard InChI is InChI=1S/C13H12BrClN2O/c1-7-4-10(5-8(2)11(7)14)18-13-9(3)12(15)16-6-17-13/h4-6H,1-3H3. The van der Waals surface area contributed by atoms with Crippen molar-refractivity contribution in [1.82, 2.24) is 9.97 Å². The summed E-state index contributed by atoms with van der Waals surface area (Å²) in [4.78, 5) is 7.98. The molecule has 2 aromatic rings. The summed E-state index contributed by atoms with van der Waals surface area (Å²) in [5, 5.41) is 0.408. The lowest BCUT2D eigenvalue weighted by Crippen LogP contribution is -1.95. The van der Waals surface area contributed by atoms with Crippen LogP contribution in [0.25, 0.3) is 0 Å². The van der Waals surface area contributed by atoms with Crippen molar-refractivity contribution in [2.75, 3.05) is 0 Å². The Hall–Kier alpha value is -1.13. The van der Waals surface area contributed by atoms with Crippen LogP contribution >= 0.6 is 27.5 Å². The highest BCUT2D eigenvalue weighted by atomic mass is 79.9. The number of hydrogen-bond acceptors (Lipinski definition) is 3. The molecule has 0 spiro atoms. The summed E-state index contributed by atoms with van der Waals surface area (Å²) in [6.07, 6.45) is 1.39. The van der Waals surface area contributed by atoms with E-state index in [-0.39, 0.29) is 0 Å². The first-order chi connectivity index (χ1) is 8.49. The molecular weight excluding hydrogens is 316 g/mol. The van der Waals surface area contributed by atoms with Gasteiger partial charge in [-0.15, -0.1) is 0 Å². The maximum absolute atomic E-state index is 5.93. The summed E-state index contributed by atoms with van der Waals surface area (Å²) in [6.45, 7) is 5.86. The Morgan fingerprint density at radius 3 is 2.33 bits per heavy atom. The Balaban J connectivity index is 2.37. The minimum Gasteiger partial charge on any atom is -0.439 e. The molecule has 0 aliphatic carbocycles. The average molecular weight is 328 g/mol. The molecule has 0 aliphatic heterocycles. The van der Waals surface area contributed by atoms with Crippen molar-refractivity contribution < 1.29 is 4.74 Å². The van der Waals surface area contributed by atoms with Crippen LogP contribution in [0.3, 0.4) is 0 Å². The number of aryl methyl sites for hydroxylation is 2. The fraction of sp³-hybridized carbons (Fsp3) is 0.231. The summed E-state index contributed by atoms with van der Waals surface area (Å²) in [6, 6.07) is 3.90. The molecule has 0 aliphatic rings. The lowest BCUT2D eigenvalue weighted by molar-refractivity contribution is 0.456. The molecular formula is C13H12BrClN2O. The molecule has 0 saturated heterocycles. The summed E-state index contributed by atoms with van der Waals surface area (Å²) >= 11 is 9.45. The molecule has 1 aromatic heterocycles. The molecule has 2 rings (SSSR count). The highest BCUT2D eigenvalue weighted by Gasteiger charge is 2.09. The van der Waals surface area contributed by atoms with Crippen molar-refractivity contribution in [3.63, 3.8) is 0 Å². The maximum atomic E-state index is 5.93. The van der Waals surface area contributed by atoms with Gasteiger partial charge < -0.3 is 4.74 Å². The molecule has 0 radical (unpaired) electrons. The summed E-state index contributed by atoms with van der Waals surface area (Å²) < 4.78 is 6.84. The molecule has 5 heteroatoms. The van der Waals surface area contributed by atoms with Crippen molar-refractivity contribution in [2.24, 2.45) is 0 Å². The first kappa shape index (κ1) is 13.3. The molecule has 18 heavy (non-hydrogen) atoms. The number of ether oxygens (including phenoxy) is 1. The smallest absolute Gasteiger partial charge is 0.226 e. The van der Waals surface area contributed by atoms with Crippen LogP contribution < -0.4 is 4.74 Å². The fourth-order valence-corrected chi connectivity index (χ4v) is 1.95. The molecule has 0 bridgehead atoms. The highest BCUT2D eigenvalue weighted by Crippen LogP contribution is 2.30. The molecule has 0 amide bonds. The second-order valence-electron chi connectivity index (χ2n) is 4.07. The average Bonchev–Trinajstić information content (AvgIpc) is 2.32. The maximum Gasteiger partial charge on any atom is 0.226 e. The topological polar surface area (TPSA) is 35.0 Å². The zero-order valence-electron chi connectivity index (χ0n) is 10.3. The molecule has 0 atom stereocenters. The molecule has 0 N–H and O–H groups in total. The zero-order valence-corrected chi connectivity index (χ0v) is 12.6. The van der Waals surface area contributed by atoms with Crippen LogP contribution in [0.1, 0.15) is 16.7 Å². The van der Waals surface area contributed by atoms with Gasteiger partial charge in [-0.25, -0.2) is 9.97 Å². The van der Waals surface area contributed by atoms with Crippen molar-refractivity contribution >= 4 is 27.5 Å². The summed E-state index contributed by atoms with van der Waals surface area (Å²) in [7, 11) is 0. The van der Waals surface area contributed by atoms with Crippen molar-refractivity contribution in [2.45, 2.75) is 20.8 Å². The lowest BCUT2D eigenvalue weighted by Gasteiger charge is -2.10. The van der Waals surface area contributed by atoms with Gasteiger partial charge in [-0.05, 0) is 44.0 Å². The fourth-order valence-electron chi connectivity index (χ4n) is 1.59. The van der Waals surface area contributed by atoms with Crippen LogP contribution in [0.2, 0.25) is 5.15 Å². The number of halogens is 2. The first-order valence-corrected chi connectivity index (χ1v) is 6.58. The molecule has 1 heterocycles. The molecule has 1 aromatic carbocycles. The van der Waals surface area contributed by atoms with E-state index >= 15 is 0 Å². The Bertz CT molecular complexity index is 579. The SMILES string of the molecule is Cc1cc(Oc2ncnc(Cl)c2C)cc(C)c1Br. The van der Waals surface area contributed by atoms with E-state index in [2.05, 4.69) is 25.9 Å². The first-order valence-electron chi connectivity index (χ1n) is 5.40. The third-order valence-electron chi connectivity index (χ3n) is 2.60. The Morgan fingerprint density at radius 1 is 1.11 bits per heavy atom. The Kier molecular flexibility index (Phi) is 3.88. The minimum absolute atomic E-state index is 0.408. The van der Waals surface area contributed by atoms with Gasteiger partial charge in [0.15, 0.2) is 0 Å². The predicted octanol–water partition coefficient (Wildman–Crippen LogP) is 4.61. The van der Waals surface area contributed by atoms with Gasteiger partial charge in [-0.1, -0.05) is 27.5 Å². The quantitative estimate of drug-likeness (QED) is 0.756. The summed E-state index contributed by atoms with van der Waals surface area (Å²) in [5.74, 6) is 1.22. The van der Waals surface area contributed by atoms with Gasteiger partial charge in [0.2, 0.25) is 5.88 Å². The number of aromatic nitrogens is 2. The lowest BCUT2D eigenvalue weighted by atomic mass is 10.1. The van der Waals surface area contributed by atoms with Crippen LogP contribution in [0.5, 0.6) is 11.6 Å². The van der Waals surface area contributed by atoms with Gasteiger partial charge in [-0.3, -0.25) is 0 Å².